The first-order valence-electron chi connectivity index (χ1n) is 7.38. The van der Waals surface area contributed by atoms with E-state index in [2.05, 4.69) is 25.9 Å². The van der Waals surface area contributed by atoms with Crippen LogP contribution < -0.4 is 4.74 Å². The van der Waals surface area contributed by atoms with E-state index in [-0.39, 0.29) is 12.3 Å². The molecule has 0 aliphatic carbocycles. The Morgan fingerprint density at radius 2 is 2.08 bits per heavy atom. The number of hydrogen-bond donors (Lipinski definition) is 0. The minimum absolute atomic E-state index is 0.167. The van der Waals surface area contributed by atoms with Crippen molar-refractivity contribution in [1.29, 1.82) is 0 Å². The molecule has 0 aliphatic rings. The summed E-state index contributed by atoms with van der Waals surface area (Å²) in [7, 11) is 1.49. The standard InChI is InChI=1S/C18H15BrN2O3/c1-23-16-10-13(19)11-21-17(16)18(22)24-9-7-12-4-2-6-15-14(12)5-3-8-20-15/h2-6,8,10-11H,7,9H2,1H3. The van der Waals surface area contributed by atoms with Gasteiger partial charge in [0.2, 0.25) is 0 Å². The second-order valence-electron chi connectivity index (χ2n) is 5.08. The molecule has 2 heterocycles. The largest absolute Gasteiger partial charge is 0.494 e. The minimum atomic E-state index is -0.502. The van der Waals surface area contributed by atoms with Gasteiger partial charge in [0.1, 0.15) is 0 Å². The van der Waals surface area contributed by atoms with Crippen molar-refractivity contribution < 1.29 is 14.3 Å². The van der Waals surface area contributed by atoms with Crippen LogP contribution in [-0.2, 0) is 11.2 Å². The molecule has 0 unspecified atom stereocenters. The summed E-state index contributed by atoms with van der Waals surface area (Å²) in [5.74, 6) is -0.124. The number of aromatic nitrogens is 2. The number of benzene rings is 1. The predicted octanol–water partition coefficient (Wildman–Crippen LogP) is 3.80. The number of halogens is 1. The van der Waals surface area contributed by atoms with E-state index in [1.807, 2.05) is 30.3 Å². The summed E-state index contributed by atoms with van der Waals surface area (Å²) in [6, 6.07) is 11.5. The SMILES string of the molecule is COc1cc(Br)cnc1C(=O)OCCc1cccc2ncccc12. The minimum Gasteiger partial charge on any atom is -0.494 e. The molecule has 0 saturated heterocycles. The van der Waals surface area contributed by atoms with E-state index in [4.69, 9.17) is 9.47 Å². The van der Waals surface area contributed by atoms with Gasteiger partial charge in [-0.2, -0.15) is 0 Å². The highest BCUT2D eigenvalue weighted by molar-refractivity contribution is 9.10. The molecule has 0 saturated carbocycles. The first-order chi connectivity index (χ1) is 11.7. The van der Waals surface area contributed by atoms with E-state index in [1.54, 1.807) is 12.3 Å². The van der Waals surface area contributed by atoms with Gasteiger partial charge in [-0.15, -0.1) is 0 Å². The Morgan fingerprint density at radius 3 is 2.92 bits per heavy atom. The highest BCUT2D eigenvalue weighted by Gasteiger charge is 2.16. The molecular formula is C18H15BrN2O3. The Hall–Kier alpha value is -2.47. The maximum atomic E-state index is 12.2. The van der Waals surface area contributed by atoms with Crippen LogP contribution in [0.4, 0.5) is 0 Å². The van der Waals surface area contributed by atoms with Crippen molar-refractivity contribution in [2.75, 3.05) is 13.7 Å². The predicted molar refractivity (Wildman–Crippen MR) is 94.2 cm³/mol. The van der Waals surface area contributed by atoms with Crippen LogP contribution >= 0.6 is 15.9 Å². The maximum absolute atomic E-state index is 12.2. The lowest BCUT2D eigenvalue weighted by Gasteiger charge is -2.09. The van der Waals surface area contributed by atoms with E-state index in [0.29, 0.717) is 12.2 Å². The second kappa shape index (κ2) is 7.40. The Bertz CT molecular complexity index is 878. The Balaban J connectivity index is 1.69. The van der Waals surface area contributed by atoms with Crippen molar-refractivity contribution in [3.8, 4) is 5.75 Å². The molecule has 0 atom stereocenters. The van der Waals surface area contributed by atoms with Crippen LogP contribution in [0.2, 0.25) is 0 Å². The third-order valence-electron chi connectivity index (χ3n) is 3.57. The summed E-state index contributed by atoms with van der Waals surface area (Å²) in [6.07, 6.45) is 3.90. The lowest BCUT2D eigenvalue weighted by molar-refractivity contribution is 0.0498. The molecule has 0 N–H and O–H groups in total. The Morgan fingerprint density at radius 1 is 1.21 bits per heavy atom. The average molecular weight is 387 g/mol. The van der Waals surface area contributed by atoms with E-state index in [1.165, 1.54) is 13.3 Å². The van der Waals surface area contributed by atoms with Gasteiger partial charge in [0.25, 0.3) is 0 Å². The van der Waals surface area contributed by atoms with Crippen molar-refractivity contribution in [3.63, 3.8) is 0 Å². The zero-order valence-corrected chi connectivity index (χ0v) is 14.6. The number of nitrogens with zero attached hydrogens (tertiary/aromatic N) is 2. The summed E-state index contributed by atoms with van der Waals surface area (Å²) in [5.41, 5.74) is 2.18. The molecule has 1 aromatic carbocycles. The Kier molecular flexibility index (Phi) is 5.05. The number of rotatable bonds is 5. The average Bonchev–Trinajstić information content (AvgIpc) is 2.61. The van der Waals surface area contributed by atoms with Gasteiger partial charge in [-0.3, -0.25) is 4.98 Å². The maximum Gasteiger partial charge on any atom is 0.360 e. The monoisotopic (exact) mass is 386 g/mol. The Labute approximate surface area is 147 Å². The highest BCUT2D eigenvalue weighted by Crippen LogP contribution is 2.22. The fourth-order valence-electron chi connectivity index (χ4n) is 2.44. The lowest BCUT2D eigenvalue weighted by atomic mass is 10.1. The summed E-state index contributed by atoms with van der Waals surface area (Å²) in [6.45, 7) is 0.258. The summed E-state index contributed by atoms with van der Waals surface area (Å²) >= 11 is 3.29. The summed E-state index contributed by atoms with van der Waals surface area (Å²) < 4.78 is 11.2. The topological polar surface area (TPSA) is 61.3 Å². The molecule has 122 valence electrons. The quantitative estimate of drug-likeness (QED) is 0.624. The van der Waals surface area contributed by atoms with E-state index < -0.39 is 5.97 Å². The van der Waals surface area contributed by atoms with Crippen molar-refractivity contribution >= 4 is 32.8 Å². The van der Waals surface area contributed by atoms with Crippen LogP contribution in [0.1, 0.15) is 16.1 Å². The van der Waals surface area contributed by atoms with Gasteiger partial charge in [0.15, 0.2) is 11.4 Å². The lowest BCUT2D eigenvalue weighted by Crippen LogP contribution is -2.11. The molecule has 3 rings (SSSR count). The van der Waals surface area contributed by atoms with E-state index in [9.17, 15) is 4.79 Å². The third kappa shape index (κ3) is 3.54. The number of fused-ring (bicyclic) bond motifs is 1. The molecule has 3 aromatic rings. The molecule has 0 aliphatic heterocycles. The first kappa shape index (κ1) is 16.4. The third-order valence-corrected chi connectivity index (χ3v) is 4.01. The van der Waals surface area contributed by atoms with Crippen molar-refractivity contribution in [1.82, 2.24) is 9.97 Å². The fraction of sp³-hybridized carbons (Fsp3) is 0.167. The fourth-order valence-corrected chi connectivity index (χ4v) is 2.75. The van der Waals surface area contributed by atoms with Crippen LogP contribution in [0.15, 0.2) is 53.3 Å². The van der Waals surface area contributed by atoms with Crippen LogP contribution in [0.5, 0.6) is 5.75 Å². The molecule has 0 radical (unpaired) electrons. The number of esters is 1. The summed E-state index contributed by atoms with van der Waals surface area (Å²) in [5, 5.41) is 1.07. The van der Waals surface area contributed by atoms with Crippen molar-refractivity contribution in [3.05, 3.63) is 64.5 Å². The van der Waals surface area contributed by atoms with Crippen LogP contribution in [0, 0.1) is 0 Å². The van der Waals surface area contributed by atoms with Crippen molar-refractivity contribution in [2.45, 2.75) is 6.42 Å². The molecule has 0 amide bonds. The number of hydrogen-bond acceptors (Lipinski definition) is 5. The van der Waals surface area contributed by atoms with E-state index in [0.717, 1.165) is 20.9 Å². The smallest absolute Gasteiger partial charge is 0.360 e. The van der Waals surface area contributed by atoms with Gasteiger partial charge in [-0.05, 0) is 39.7 Å². The molecule has 24 heavy (non-hydrogen) atoms. The van der Waals surface area contributed by atoms with Crippen molar-refractivity contribution in [2.24, 2.45) is 0 Å². The van der Waals surface area contributed by atoms with Gasteiger partial charge < -0.3 is 9.47 Å². The molecule has 6 heteroatoms. The van der Waals surface area contributed by atoms with Crippen LogP contribution in [0.3, 0.4) is 0 Å². The molecule has 0 fully saturated rings. The zero-order valence-electron chi connectivity index (χ0n) is 13.0. The van der Waals surface area contributed by atoms with Gasteiger partial charge in [-0.1, -0.05) is 18.2 Å². The molecular weight excluding hydrogens is 372 g/mol. The molecule has 2 aromatic heterocycles. The number of pyridine rings is 2. The molecule has 5 nitrogen and oxygen atoms in total. The number of carbonyl (C=O) groups is 1. The normalized spacial score (nSPS) is 10.6. The summed E-state index contributed by atoms with van der Waals surface area (Å²) in [4.78, 5) is 20.6. The number of ether oxygens (including phenoxy) is 2. The molecule has 0 spiro atoms. The second-order valence-corrected chi connectivity index (χ2v) is 5.99. The number of methoxy groups -OCH3 is 1. The first-order valence-corrected chi connectivity index (χ1v) is 8.17. The highest BCUT2D eigenvalue weighted by atomic mass is 79.9. The van der Waals surface area contributed by atoms with Crippen LogP contribution in [0.25, 0.3) is 10.9 Å². The number of carbonyl (C=O) groups excluding carboxylic acids is 1. The van der Waals surface area contributed by atoms with Crippen LogP contribution in [-0.4, -0.2) is 29.7 Å². The van der Waals surface area contributed by atoms with E-state index >= 15 is 0 Å². The van der Waals surface area contributed by atoms with Gasteiger partial charge in [0.05, 0.1) is 19.2 Å². The zero-order chi connectivity index (χ0) is 16.9. The van der Waals surface area contributed by atoms with Gasteiger partial charge in [0, 0.05) is 28.7 Å². The molecule has 0 bridgehead atoms. The van der Waals surface area contributed by atoms with Gasteiger partial charge >= 0.3 is 5.97 Å². The van der Waals surface area contributed by atoms with Gasteiger partial charge in [-0.25, -0.2) is 9.78 Å².